The Labute approximate surface area is 78.9 Å². The molecule has 12 heavy (non-hydrogen) atoms. The van der Waals surface area contributed by atoms with E-state index < -0.39 is 11.6 Å². The molecule has 0 aromatic heterocycles. The lowest BCUT2D eigenvalue weighted by atomic mass is 10.3. The monoisotopic (exact) mass is 208 g/mol. The van der Waals surface area contributed by atoms with Gasteiger partial charge in [0.05, 0.1) is 9.92 Å². The van der Waals surface area contributed by atoms with Crippen LogP contribution in [0.15, 0.2) is 17.0 Å². The molecular weight excluding hydrogens is 202 g/mol. The fourth-order valence-corrected chi connectivity index (χ4v) is 1.73. The van der Waals surface area contributed by atoms with Crippen LogP contribution in [-0.2, 0) is 0 Å². The Morgan fingerprint density at radius 2 is 2.08 bits per heavy atom. The predicted octanol–water partition coefficient (Wildman–Crippen LogP) is 3.73. The van der Waals surface area contributed by atoms with Crippen LogP contribution in [0, 0.1) is 11.6 Å². The van der Waals surface area contributed by atoms with E-state index >= 15 is 0 Å². The molecule has 0 aliphatic rings. The average molecular weight is 209 g/mol. The van der Waals surface area contributed by atoms with Crippen LogP contribution in [0.1, 0.15) is 6.92 Å². The van der Waals surface area contributed by atoms with Crippen molar-refractivity contribution in [3.05, 3.63) is 28.8 Å². The summed E-state index contributed by atoms with van der Waals surface area (Å²) < 4.78 is 26.0. The van der Waals surface area contributed by atoms with Gasteiger partial charge < -0.3 is 0 Å². The van der Waals surface area contributed by atoms with Gasteiger partial charge in [-0.05, 0) is 17.9 Å². The van der Waals surface area contributed by atoms with E-state index in [2.05, 4.69) is 0 Å². The van der Waals surface area contributed by atoms with E-state index in [-0.39, 0.29) is 9.92 Å². The Balaban J connectivity index is 3.14. The fourth-order valence-electron chi connectivity index (χ4n) is 0.785. The maximum Gasteiger partial charge on any atom is 0.158 e. The number of halogens is 3. The van der Waals surface area contributed by atoms with Crippen LogP contribution in [0.25, 0.3) is 0 Å². The molecule has 0 aliphatic carbocycles. The SMILES string of the molecule is CCSc1c(F)ccc(Cl)c1F. The summed E-state index contributed by atoms with van der Waals surface area (Å²) in [5.74, 6) is -0.596. The van der Waals surface area contributed by atoms with Crippen molar-refractivity contribution in [3.63, 3.8) is 0 Å². The molecule has 1 aromatic carbocycles. The molecule has 0 aliphatic heterocycles. The topological polar surface area (TPSA) is 0 Å². The molecule has 4 heteroatoms. The van der Waals surface area contributed by atoms with Gasteiger partial charge in [-0.15, -0.1) is 11.8 Å². The molecule has 0 amide bonds. The van der Waals surface area contributed by atoms with Gasteiger partial charge in [-0.1, -0.05) is 18.5 Å². The summed E-state index contributed by atoms with van der Waals surface area (Å²) in [4.78, 5) is 0.00463. The smallest absolute Gasteiger partial charge is 0.158 e. The molecule has 0 saturated heterocycles. The largest absolute Gasteiger partial charge is 0.206 e. The van der Waals surface area contributed by atoms with Crippen LogP contribution in [0.3, 0.4) is 0 Å². The zero-order valence-electron chi connectivity index (χ0n) is 6.40. The maximum atomic E-state index is 13.1. The predicted molar refractivity (Wildman–Crippen MR) is 47.8 cm³/mol. The first-order valence-corrected chi connectivity index (χ1v) is 4.79. The molecule has 0 saturated carbocycles. The Bertz CT molecular complexity index is 289. The summed E-state index contributed by atoms with van der Waals surface area (Å²) in [5, 5.41) is -0.0349. The Kier molecular flexibility index (Phi) is 3.35. The molecule has 0 spiro atoms. The Hall–Kier alpha value is -0.280. The van der Waals surface area contributed by atoms with Crippen molar-refractivity contribution >= 4 is 23.4 Å². The third-order valence-electron chi connectivity index (χ3n) is 1.29. The van der Waals surface area contributed by atoms with Crippen molar-refractivity contribution in [1.82, 2.24) is 0 Å². The summed E-state index contributed by atoms with van der Waals surface area (Å²) in [6, 6.07) is 2.38. The third-order valence-corrected chi connectivity index (χ3v) is 2.53. The molecule has 1 aromatic rings. The molecule has 0 N–H and O–H groups in total. The number of hydrogen-bond donors (Lipinski definition) is 0. The van der Waals surface area contributed by atoms with Crippen molar-refractivity contribution in [3.8, 4) is 0 Å². The lowest BCUT2D eigenvalue weighted by Crippen LogP contribution is -1.88. The van der Waals surface area contributed by atoms with Crippen molar-refractivity contribution in [2.45, 2.75) is 11.8 Å². The van der Waals surface area contributed by atoms with Gasteiger partial charge in [0.25, 0.3) is 0 Å². The van der Waals surface area contributed by atoms with Gasteiger partial charge in [0.1, 0.15) is 5.82 Å². The van der Waals surface area contributed by atoms with Gasteiger partial charge in [0.15, 0.2) is 5.82 Å². The number of thioether (sulfide) groups is 1. The molecule has 0 atom stereocenters. The van der Waals surface area contributed by atoms with Gasteiger partial charge in [0, 0.05) is 0 Å². The number of rotatable bonds is 2. The second kappa shape index (κ2) is 4.10. The van der Waals surface area contributed by atoms with E-state index in [0.717, 1.165) is 11.8 Å². The Morgan fingerprint density at radius 3 is 2.67 bits per heavy atom. The van der Waals surface area contributed by atoms with Crippen molar-refractivity contribution in [1.29, 1.82) is 0 Å². The normalized spacial score (nSPS) is 10.3. The summed E-state index contributed by atoms with van der Waals surface area (Å²) in [5.41, 5.74) is 0. The summed E-state index contributed by atoms with van der Waals surface area (Å²) >= 11 is 6.57. The second-order valence-corrected chi connectivity index (χ2v) is 3.79. The maximum absolute atomic E-state index is 13.1. The van der Waals surface area contributed by atoms with E-state index in [9.17, 15) is 8.78 Å². The fraction of sp³-hybridized carbons (Fsp3) is 0.250. The highest BCUT2D eigenvalue weighted by atomic mass is 35.5. The molecule has 66 valence electrons. The van der Waals surface area contributed by atoms with Crippen molar-refractivity contribution in [2.75, 3.05) is 5.75 Å². The van der Waals surface area contributed by atoms with E-state index in [1.807, 2.05) is 6.92 Å². The third kappa shape index (κ3) is 1.90. The van der Waals surface area contributed by atoms with Gasteiger partial charge in [-0.3, -0.25) is 0 Å². The first-order valence-electron chi connectivity index (χ1n) is 3.43. The van der Waals surface area contributed by atoms with Crippen LogP contribution in [0.5, 0.6) is 0 Å². The molecular formula is C8H7ClF2S. The van der Waals surface area contributed by atoms with Crippen LogP contribution in [0.2, 0.25) is 5.02 Å². The summed E-state index contributed by atoms with van der Waals surface area (Å²) in [7, 11) is 0. The van der Waals surface area contributed by atoms with Crippen LogP contribution >= 0.6 is 23.4 Å². The summed E-state index contributed by atoms with van der Waals surface area (Å²) in [6.45, 7) is 1.82. The summed E-state index contributed by atoms with van der Waals surface area (Å²) in [6.07, 6.45) is 0. The van der Waals surface area contributed by atoms with E-state index in [1.165, 1.54) is 12.1 Å². The van der Waals surface area contributed by atoms with Crippen LogP contribution < -0.4 is 0 Å². The minimum absolute atomic E-state index is 0.00463. The van der Waals surface area contributed by atoms with E-state index in [1.54, 1.807) is 0 Å². The molecule has 0 nitrogen and oxygen atoms in total. The molecule has 1 rings (SSSR count). The van der Waals surface area contributed by atoms with E-state index in [0.29, 0.717) is 5.75 Å². The highest BCUT2D eigenvalue weighted by Crippen LogP contribution is 2.29. The molecule has 0 radical (unpaired) electrons. The zero-order chi connectivity index (χ0) is 9.14. The highest BCUT2D eigenvalue weighted by molar-refractivity contribution is 7.99. The van der Waals surface area contributed by atoms with Crippen LogP contribution in [-0.4, -0.2) is 5.75 Å². The van der Waals surface area contributed by atoms with Gasteiger partial charge >= 0.3 is 0 Å². The number of hydrogen-bond acceptors (Lipinski definition) is 1. The first-order chi connectivity index (χ1) is 5.66. The highest BCUT2D eigenvalue weighted by Gasteiger charge is 2.11. The lowest BCUT2D eigenvalue weighted by Gasteiger charge is -2.03. The molecule has 0 fully saturated rings. The lowest BCUT2D eigenvalue weighted by molar-refractivity contribution is 0.541. The average Bonchev–Trinajstić information content (AvgIpc) is 2.06. The zero-order valence-corrected chi connectivity index (χ0v) is 7.98. The number of benzene rings is 1. The standard InChI is InChI=1S/C8H7ClF2S/c1-2-12-8-6(10)4-3-5(9)7(8)11/h3-4H,2H2,1H3. The van der Waals surface area contributed by atoms with Gasteiger partial charge in [-0.25, -0.2) is 8.78 Å². The minimum atomic E-state index is -0.663. The molecule has 0 heterocycles. The van der Waals surface area contributed by atoms with Crippen LogP contribution in [0.4, 0.5) is 8.78 Å². The second-order valence-electron chi connectivity index (χ2n) is 2.11. The van der Waals surface area contributed by atoms with Crippen molar-refractivity contribution < 1.29 is 8.78 Å². The van der Waals surface area contributed by atoms with Gasteiger partial charge in [0.2, 0.25) is 0 Å². The van der Waals surface area contributed by atoms with Gasteiger partial charge in [-0.2, -0.15) is 0 Å². The molecule has 0 bridgehead atoms. The van der Waals surface area contributed by atoms with Crippen molar-refractivity contribution in [2.24, 2.45) is 0 Å². The Morgan fingerprint density at radius 1 is 1.42 bits per heavy atom. The first kappa shape index (κ1) is 9.81. The molecule has 0 unspecified atom stereocenters. The minimum Gasteiger partial charge on any atom is -0.206 e. The quantitative estimate of drug-likeness (QED) is 0.527. The van der Waals surface area contributed by atoms with E-state index in [4.69, 9.17) is 11.6 Å².